The molecule has 0 saturated heterocycles. The quantitative estimate of drug-likeness (QED) is 0.591. The van der Waals surface area contributed by atoms with Crippen LogP contribution in [-0.4, -0.2) is 31.1 Å². The maximum Gasteiger partial charge on any atom is 0.158 e. The van der Waals surface area contributed by atoms with Crippen LogP contribution in [0.15, 0.2) is 6.33 Å². The van der Waals surface area contributed by atoms with Crippen molar-refractivity contribution in [2.75, 3.05) is 0 Å². The van der Waals surface area contributed by atoms with Gasteiger partial charge in [0.25, 0.3) is 0 Å². The first-order valence-corrected chi connectivity index (χ1v) is 3.33. The van der Waals surface area contributed by atoms with Crippen LogP contribution >= 0.6 is 0 Å². The molecule has 1 aromatic heterocycles. The van der Waals surface area contributed by atoms with Gasteiger partial charge in [0, 0.05) is 7.05 Å². The maximum absolute atomic E-state index is 9.29. The van der Waals surface area contributed by atoms with Crippen LogP contribution in [0, 0.1) is 0 Å². The second-order valence-corrected chi connectivity index (χ2v) is 2.43. The minimum Gasteiger partial charge on any atom is -0.390 e. The number of aliphatic hydroxyl groups is 2. The largest absolute Gasteiger partial charge is 0.390 e. The summed E-state index contributed by atoms with van der Waals surface area (Å²) in [5.74, 6) is 0.375. The lowest BCUT2D eigenvalue weighted by Gasteiger charge is -2.11. The molecule has 0 aliphatic heterocycles. The van der Waals surface area contributed by atoms with E-state index < -0.39 is 12.2 Å². The summed E-state index contributed by atoms with van der Waals surface area (Å²) >= 11 is 0. The van der Waals surface area contributed by atoms with E-state index >= 15 is 0 Å². The average molecular weight is 157 g/mol. The molecule has 5 nitrogen and oxygen atoms in total. The molecule has 0 radical (unpaired) electrons. The molecule has 2 N–H and O–H groups in total. The minimum absolute atomic E-state index is 0.375. The van der Waals surface area contributed by atoms with Gasteiger partial charge in [0.2, 0.25) is 0 Å². The van der Waals surface area contributed by atoms with Crippen LogP contribution in [0.2, 0.25) is 0 Å². The third kappa shape index (κ3) is 1.55. The monoisotopic (exact) mass is 157 g/mol. The van der Waals surface area contributed by atoms with Crippen molar-refractivity contribution >= 4 is 0 Å². The fourth-order valence-corrected chi connectivity index (χ4v) is 0.789. The van der Waals surface area contributed by atoms with Crippen LogP contribution in [-0.2, 0) is 7.05 Å². The SMILES string of the molecule is CC(O)C(O)c1ncnn1C. The summed E-state index contributed by atoms with van der Waals surface area (Å²) in [6.45, 7) is 1.50. The smallest absolute Gasteiger partial charge is 0.158 e. The molecule has 0 fully saturated rings. The molecule has 0 aliphatic carbocycles. The highest BCUT2D eigenvalue weighted by atomic mass is 16.3. The normalized spacial score (nSPS) is 16.4. The van der Waals surface area contributed by atoms with E-state index in [1.807, 2.05) is 0 Å². The fourth-order valence-electron chi connectivity index (χ4n) is 0.789. The first-order valence-electron chi connectivity index (χ1n) is 3.33. The van der Waals surface area contributed by atoms with E-state index in [9.17, 15) is 5.11 Å². The topological polar surface area (TPSA) is 71.2 Å². The van der Waals surface area contributed by atoms with Crippen LogP contribution in [0.5, 0.6) is 0 Å². The van der Waals surface area contributed by atoms with Crippen molar-refractivity contribution in [1.82, 2.24) is 14.8 Å². The van der Waals surface area contributed by atoms with Gasteiger partial charge in [0.15, 0.2) is 5.82 Å². The van der Waals surface area contributed by atoms with Gasteiger partial charge in [-0.3, -0.25) is 4.68 Å². The molecule has 0 aliphatic rings. The molecule has 0 saturated carbocycles. The molecule has 5 heteroatoms. The van der Waals surface area contributed by atoms with Crippen LogP contribution in [0.1, 0.15) is 18.9 Å². The number of nitrogens with zero attached hydrogens (tertiary/aromatic N) is 3. The number of aromatic nitrogens is 3. The van der Waals surface area contributed by atoms with Gasteiger partial charge in [0.1, 0.15) is 12.4 Å². The third-order valence-electron chi connectivity index (χ3n) is 1.47. The molecule has 0 spiro atoms. The molecule has 1 heterocycles. The molecule has 1 rings (SSSR count). The van der Waals surface area contributed by atoms with Crippen molar-refractivity contribution in [2.24, 2.45) is 7.05 Å². The molecule has 11 heavy (non-hydrogen) atoms. The van der Waals surface area contributed by atoms with Gasteiger partial charge in [-0.05, 0) is 6.92 Å². The van der Waals surface area contributed by atoms with E-state index in [0.29, 0.717) is 5.82 Å². The van der Waals surface area contributed by atoms with E-state index in [1.165, 1.54) is 17.9 Å². The van der Waals surface area contributed by atoms with Gasteiger partial charge in [-0.1, -0.05) is 0 Å². The van der Waals surface area contributed by atoms with Gasteiger partial charge in [0.05, 0.1) is 6.10 Å². The lowest BCUT2D eigenvalue weighted by Crippen LogP contribution is -2.18. The Morgan fingerprint density at radius 2 is 2.18 bits per heavy atom. The van der Waals surface area contributed by atoms with E-state index in [0.717, 1.165) is 0 Å². The first-order chi connectivity index (χ1) is 5.13. The van der Waals surface area contributed by atoms with Gasteiger partial charge in [-0.25, -0.2) is 4.98 Å². The molecule has 0 bridgehead atoms. The molecule has 62 valence electrons. The molecular weight excluding hydrogens is 146 g/mol. The highest BCUT2D eigenvalue weighted by Crippen LogP contribution is 2.11. The molecule has 2 atom stereocenters. The van der Waals surface area contributed by atoms with Crippen LogP contribution < -0.4 is 0 Å². The number of rotatable bonds is 2. The zero-order valence-electron chi connectivity index (χ0n) is 6.47. The summed E-state index contributed by atoms with van der Waals surface area (Å²) in [6, 6.07) is 0. The Kier molecular flexibility index (Phi) is 2.21. The Balaban J connectivity index is 2.84. The summed E-state index contributed by atoms with van der Waals surface area (Å²) < 4.78 is 1.43. The van der Waals surface area contributed by atoms with Crippen molar-refractivity contribution < 1.29 is 10.2 Å². The van der Waals surface area contributed by atoms with Gasteiger partial charge >= 0.3 is 0 Å². The van der Waals surface area contributed by atoms with Gasteiger partial charge < -0.3 is 10.2 Å². The van der Waals surface area contributed by atoms with E-state index in [2.05, 4.69) is 10.1 Å². The number of aryl methyl sites for hydroxylation is 1. The second-order valence-electron chi connectivity index (χ2n) is 2.43. The third-order valence-corrected chi connectivity index (χ3v) is 1.47. The Bertz CT molecular complexity index is 233. The summed E-state index contributed by atoms with van der Waals surface area (Å²) in [7, 11) is 1.66. The van der Waals surface area contributed by atoms with Crippen molar-refractivity contribution in [1.29, 1.82) is 0 Å². The summed E-state index contributed by atoms with van der Waals surface area (Å²) in [5, 5.41) is 22.0. The van der Waals surface area contributed by atoms with E-state index in [-0.39, 0.29) is 0 Å². The number of aliphatic hydroxyl groups excluding tert-OH is 2. The predicted octanol–water partition coefficient (Wildman–Crippen LogP) is -0.771. The summed E-state index contributed by atoms with van der Waals surface area (Å²) in [4.78, 5) is 3.78. The van der Waals surface area contributed by atoms with Gasteiger partial charge in [-0.15, -0.1) is 0 Å². The van der Waals surface area contributed by atoms with E-state index in [1.54, 1.807) is 7.05 Å². The number of hydrogen-bond donors (Lipinski definition) is 2. The lowest BCUT2D eigenvalue weighted by molar-refractivity contribution is 0.0227. The van der Waals surface area contributed by atoms with Crippen molar-refractivity contribution in [3.8, 4) is 0 Å². The molecular formula is C6H11N3O2. The van der Waals surface area contributed by atoms with Crippen LogP contribution in [0.3, 0.4) is 0 Å². The molecule has 2 unspecified atom stereocenters. The van der Waals surface area contributed by atoms with Crippen molar-refractivity contribution in [3.63, 3.8) is 0 Å². The van der Waals surface area contributed by atoms with Crippen LogP contribution in [0.4, 0.5) is 0 Å². The minimum atomic E-state index is -0.956. The lowest BCUT2D eigenvalue weighted by atomic mass is 10.2. The Labute approximate surface area is 64.3 Å². The summed E-state index contributed by atoms with van der Waals surface area (Å²) in [5.41, 5.74) is 0. The zero-order chi connectivity index (χ0) is 8.43. The summed E-state index contributed by atoms with van der Waals surface area (Å²) in [6.07, 6.45) is -0.443. The van der Waals surface area contributed by atoms with Crippen LogP contribution in [0.25, 0.3) is 0 Å². The predicted molar refractivity (Wildman–Crippen MR) is 37.6 cm³/mol. The Morgan fingerprint density at radius 3 is 2.55 bits per heavy atom. The van der Waals surface area contributed by atoms with Crippen molar-refractivity contribution in [3.05, 3.63) is 12.2 Å². The average Bonchev–Trinajstić information content (AvgIpc) is 2.33. The first kappa shape index (κ1) is 8.16. The van der Waals surface area contributed by atoms with Crippen molar-refractivity contribution in [2.45, 2.75) is 19.1 Å². The number of hydrogen-bond acceptors (Lipinski definition) is 4. The maximum atomic E-state index is 9.29. The Hall–Kier alpha value is -0.940. The second kappa shape index (κ2) is 2.98. The molecule has 0 aromatic carbocycles. The molecule has 1 aromatic rings. The molecule has 0 amide bonds. The zero-order valence-corrected chi connectivity index (χ0v) is 6.47. The Morgan fingerprint density at radius 1 is 1.55 bits per heavy atom. The van der Waals surface area contributed by atoms with Gasteiger partial charge in [-0.2, -0.15) is 5.10 Å². The standard InChI is InChI=1S/C6H11N3O2/c1-4(10)5(11)6-7-3-8-9(6)2/h3-5,10-11H,1-2H3. The highest BCUT2D eigenvalue weighted by molar-refractivity contribution is 4.91. The fraction of sp³-hybridized carbons (Fsp3) is 0.667. The highest BCUT2D eigenvalue weighted by Gasteiger charge is 2.17. The van der Waals surface area contributed by atoms with E-state index in [4.69, 9.17) is 5.11 Å².